The van der Waals surface area contributed by atoms with Gasteiger partial charge in [0.1, 0.15) is 0 Å². The maximum Gasteiger partial charge on any atom is 0.190 e. The molecule has 0 spiro atoms. The van der Waals surface area contributed by atoms with Crippen LogP contribution in [0.3, 0.4) is 0 Å². The molecule has 0 aromatic heterocycles. The van der Waals surface area contributed by atoms with Gasteiger partial charge in [0.05, 0.1) is 12.7 Å². The van der Waals surface area contributed by atoms with Crippen LogP contribution in [0.1, 0.15) is 31.2 Å². The third kappa shape index (κ3) is 7.76. The Labute approximate surface area is 183 Å². The second-order valence-corrected chi connectivity index (χ2v) is 6.94. The monoisotopic (exact) mass is 515 g/mol. The maximum absolute atomic E-state index is 6.26. The van der Waals surface area contributed by atoms with E-state index in [4.69, 9.17) is 32.7 Å². The van der Waals surface area contributed by atoms with Crippen molar-refractivity contribution in [3.05, 3.63) is 33.8 Å². The van der Waals surface area contributed by atoms with Gasteiger partial charge in [0.15, 0.2) is 5.96 Å². The van der Waals surface area contributed by atoms with E-state index in [2.05, 4.69) is 22.5 Å². The summed E-state index contributed by atoms with van der Waals surface area (Å²) in [5.41, 5.74) is 0.959. The highest BCUT2D eigenvalue weighted by Crippen LogP contribution is 2.30. The van der Waals surface area contributed by atoms with Gasteiger partial charge < -0.3 is 20.1 Å². The third-order valence-corrected chi connectivity index (χ3v) is 4.81. The molecular weight excluding hydrogens is 488 g/mol. The Morgan fingerprint density at radius 2 is 2.08 bits per heavy atom. The fourth-order valence-electron chi connectivity index (χ4n) is 2.73. The normalized spacial score (nSPS) is 18.3. The van der Waals surface area contributed by atoms with Crippen LogP contribution in [0, 0.1) is 0 Å². The van der Waals surface area contributed by atoms with Crippen molar-refractivity contribution in [2.45, 2.75) is 31.8 Å². The summed E-state index contributed by atoms with van der Waals surface area (Å²) < 4.78 is 11.0. The molecule has 0 saturated carbocycles. The molecule has 1 aromatic rings. The van der Waals surface area contributed by atoms with Crippen molar-refractivity contribution in [3.63, 3.8) is 0 Å². The number of rotatable bonds is 8. The van der Waals surface area contributed by atoms with Gasteiger partial charge in [0.25, 0.3) is 0 Å². The standard InChI is InChI=1S/C18H27Cl2N3O2.HI/c1-13(17-15(19)5-3-6-16(17)20)11-23-18(21-2)22-8-4-9-25-14-7-10-24-12-14;/h3,5-6,13-14H,4,7-12H2,1-2H3,(H2,21,22,23);1H. The van der Waals surface area contributed by atoms with Gasteiger partial charge in [-0.25, -0.2) is 0 Å². The number of benzene rings is 1. The molecule has 1 heterocycles. The smallest absolute Gasteiger partial charge is 0.190 e. The Kier molecular flexibility index (Phi) is 11.9. The number of hydrogen-bond donors (Lipinski definition) is 2. The van der Waals surface area contributed by atoms with Crippen molar-refractivity contribution in [2.75, 3.05) is 40.0 Å². The molecule has 2 atom stereocenters. The Bertz CT molecular complexity index is 549. The van der Waals surface area contributed by atoms with Gasteiger partial charge in [-0.2, -0.15) is 0 Å². The van der Waals surface area contributed by atoms with E-state index in [1.54, 1.807) is 7.05 Å². The molecule has 1 aromatic carbocycles. The lowest BCUT2D eigenvalue weighted by molar-refractivity contribution is 0.0420. The Hall–Kier alpha value is -0.280. The molecule has 1 aliphatic heterocycles. The van der Waals surface area contributed by atoms with Crippen molar-refractivity contribution in [3.8, 4) is 0 Å². The fraction of sp³-hybridized carbons (Fsp3) is 0.611. The molecule has 2 N–H and O–H groups in total. The van der Waals surface area contributed by atoms with Gasteiger partial charge >= 0.3 is 0 Å². The molecular formula is C18H28Cl2IN3O2. The van der Waals surface area contributed by atoms with Gasteiger partial charge in [-0.3, -0.25) is 4.99 Å². The fourth-order valence-corrected chi connectivity index (χ4v) is 3.50. The number of guanidine groups is 1. The Morgan fingerprint density at radius 3 is 2.69 bits per heavy atom. The van der Waals surface area contributed by atoms with E-state index in [-0.39, 0.29) is 36.0 Å². The average molecular weight is 516 g/mol. The first-order valence-electron chi connectivity index (χ1n) is 8.69. The molecule has 0 radical (unpaired) electrons. The zero-order chi connectivity index (χ0) is 18.1. The van der Waals surface area contributed by atoms with Crippen molar-refractivity contribution in [1.82, 2.24) is 10.6 Å². The number of halogens is 3. The second kappa shape index (κ2) is 13.0. The predicted molar refractivity (Wildman–Crippen MR) is 119 cm³/mol. The highest BCUT2D eigenvalue weighted by atomic mass is 127. The van der Waals surface area contributed by atoms with Gasteiger partial charge in [0, 0.05) is 49.3 Å². The van der Waals surface area contributed by atoms with E-state index in [9.17, 15) is 0 Å². The number of nitrogens with one attached hydrogen (secondary N) is 2. The SMILES string of the molecule is CN=C(NCCCOC1CCOC1)NCC(C)c1c(Cl)cccc1Cl.I. The second-order valence-electron chi connectivity index (χ2n) is 6.13. The highest BCUT2D eigenvalue weighted by Gasteiger charge is 2.16. The first-order valence-corrected chi connectivity index (χ1v) is 9.45. The molecule has 2 unspecified atom stereocenters. The van der Waals surface area contributed by atoms with Crippen LogP contribution in [0.5, 0.6) is 0 Å². The zero-order valence-corrected chi connectivity index (χ0v) is 19.1. The summed E-state index contributed by atoms with van der Waals surface area (Å²) in [5, 5.41) is 7.99. The summed E-state index contributed by atoms with van der Waals surface area (Å²) in [6.07, 6.45) is 2.18. The minimum Gasteiger partial charge on any atom is -0.379 e. The van der Waals surface area contributed by atoms with Crippen LogP contribution in [0.4, 0.5) is 0 Å². The van der Waals surface area contributed by atoms with Crippen molar-refractivity contribution in [2.24, 2.45) is 4.99 Å². The number of ether oxygens (including phenoxy) is 2. The van der Waals surface area contributed by atoms with Crippen LogP contribution in [0.2, 0.25) is 10.0 Å². The number of hydrogen-bond acceptors (Lipinski definition) is 3. The topological polar surface area (TPSA) is 54.9 Å². The predicted octanol–water partition coefficient (Wildman–Crippen LogP) is 4.08. The molecule has 0 amide bonds. The van der Waals surface area contributed by atoms with E-state index >= 15 is 0 Å². The summed E-state index contributed by atoms with van der Waals surface area (Å²) in [5.74, 6) is 0.935. The van der Waals surface area contributed by atoms with E-state index in [0.717, 1.165) is 50.7 Å². The Morgan fingerprint density at radius 1 is 1.35 bits per heavy atom. The minimum atomic E-state index is 0. The lowest BCUT2D eigenvalue weighted by Gasteiger charge is -2.18. The molecule has 0 bridgehead atoms. The summed E-state index contributed by atoms with van der Waals surface area (Å²) in [6, 6.07) is 5.58. The molecule has 2 rings (SSSR count). The van der Waals surface area contributed by atoms with Crippen LogP contribution in [0.25, 0.3) is 0 Å². The minimum absolute atomic E-state index is 0. The summed E-state index contributed by atoms with van der Waals surface area (Å²) in [4.78, 5) is 4.24. The largest absolute Gasteiger partial charge is 0.379 e. The van der Waals surface area contributed by atoms with Crippen LogP contribution >= 0.6 is 47.2 Å². The summed E-state index contributed by atoms with van der Waals surface area (Å²) >= 11 is 12.5. The summed E-state index contributed by atoms with van der Waals surface area (Å²) in [6.45, 7) is 5.84. The molecule has 1 fully saturated rings. The van der Waals surface area contributed by atoms with E-state index in [1.807, 2.05) is 18.2 Å². The van der Waals surface area contributed by atoms with Crippen molar-refractivity contribution >= 4 is 53.1 Å². The molecule has 0 aliphatic carbocycles. The van der Waals surface area contributed by atoms with Crippen molar-refractivity contribution < 1.29 is 9.47 Å². The van der Waals surface area contributed by atoms with Gasteiger partial charge in [-0.05, 0) is 30.5 Å². The lowest BCUT2D eigenvalue weighted by atomic mass is 10.0. The van der Waals surface area contributed by atoms with Crippen molar-refractivity contribution in [1.29, 1.82) is 0 Å². The lowest BCUT2D eigenvalue weighted by Crippen LogP contribution is -2.39. The first kappa shape index (κ1) is 23.8. The molecule has 1 saturated heterocycles. The van der Waals surface area contributed by atoms with Gasteiger partial charge in [-0.15, -0.1) is 24.0 Å². The van der Waals surface area contributed by atoms with Crippen LogP contribution < -0.4 is 10.6 Å². The first-order chi connectivity index (χ1) is 12.1. The van der Waals surface area contributed by atoms with E-state index < -0.39 is 0 Å². The molecule has 148 valence electrons. The van der Waals surface area contributed by atoms with Crippen LogP contribution in [0.15, 0.2) is 23.2 Å². The molecule has 5 nitrogen and oxygen atoms in total. The van der Waals surface area contributed by atoms with E-state index in [0.29, 0.717) is 16.6 Å². The number of nitrogens with zero attached hydrogens (tertiary/aromatic N) is 1. The molecule has 8 heteroatoms. The zero-order valence-electron chi connectivity index (χ0n) is 15.3. The maximum atomic E-state index is 6.26. The summed E-state index contributed by atoms with van der Waals surface area (Å²) in [7, 11) is 1.76. The number of aliphatic imine (C=N–C) groups is 1. The third-order valence-electron chi connectivity index (χ3n) is 4.15. The van der Waals surface area contributed by atoms with Gasteiger partial charge in [-0.1, -0.05) is 36.2 Å². The Balaban J connectivity index is 0.00000338. The molecule has 26 heavy (non-hydrogen) atoms. The highest BCUT2D eigenvalue weighted by molar-refractivity contribution is 14.0. The average Bonchev–Trinajstić information content (AvgIpc) is 3.10. The quantitative estimate of drug-likeness (QED) is 0.237. The van der Waals surface area contributed by atoms with Crippen LogP contribution in [-0.2, 0) is 9.47 Å². The molecule has 1 aliphatic rings. The van der Waals surface area contributed by atoms with E-state index in [1.165, 1.54) is 0 Å². The van der Waals surface area contributed by atoms with Gasteiger partial charge in [0.2, 0.25) is 0 Å². The van der Waals surface area contributed by atoms with Crippen LogP contribution in [-0.4, -0.2) is 52.0 Å².